The van der Waals surface area contributed by atoms with Gasteiger partial charge in [0.15, 0.2) is 5.82 Å². The summed E-state index contributed by atoms with van der Waals surface area (Å²) in [5.41, 5.74) is 2.77. The number of carbonyl (C=O) groups is 1. The van der Waals surface area contributed by atoms with E-state index in [2.05, 4.69) is 31.3 Å². The van der Waals surface area contributed by atoms with Gasteiger partial charge in [0, 0.05) is 20.7 Å². The Balaban J connectivity index is 1.77. The highest BCUT2D eigenvalue weighted by atomic mass is 79.9. The molecule has 4 aromatic rings. The molecule has 1 aromatic heterocycles. The summed E-state index contributed by atoms with van der Waals surface area (Å²) in [5.74, 6) is -0.454. The van der Waals surface area contributed by atoms with Crippen LogP contribution < -0.4 is 5.32 Å². The Labute approximate surface area is 185 Å². The van der Waals surface area contributed by atoms with Crippen molar-refractivity contribution in [3.63, 3.8) is 0 Å². The lowest BCUT2D eigenvalue weighted by atomic mass is 10.2. The molecule has 3 aromatic carbocycles. The summed E-state index contributed by atoms with van der Waals surface area (Å²) in [6.45, 7) is 1.89. The standard InChI is InChI=1S/C22H15BrClFN4O/c1-13-5-10-18(12-19(13)24)29-21(14-6-8-16(25)9-7-14)27-20(28-29)22(30)26-17-4-2-3-15(23)11-17/h2-12H,1H3,(H,26,30). The molecule has 0 fully saturated rings. The second-order valence-electron chi connectivity index (χ2n) is 6.58. The van der Waals surface area contributed by atoms with Gasteiger partial charge in [0.05, 0.1) is 5.69 Å². The quantitative estimate of drug-likeness (QED) is 0.383. The van der Waals surface area contributed by atoms with E-state index in [1.165, 1.54) is 16.8 Å². The topological polar surface area (TPSA) is 59.8 Å². The molecule has 0 saturated heterocycles. The zero-order chi connectivity index (χ0) is 21.3. The van der Waals surface area contributed by atoms with Crippen molar-refractivity contribution >= 4 is 39.1 Å². The number of hydrogen-bond acceptors (Lipinski definition) is 3. The van der Waals surface area contributed by atoms with Crippen molar-refractivity contribution in [1.29, 1.82) is 0 Å². The van der Waals surface area contributed by atoms with Crippen LogP contribution in [0.3, 0.4) is 0 Å². The average Bonchev–Trinajstić information content (AvgIpc) is 3.16. The first-order valence-corrected chi connectivity index (χ1v) is 10.1. The van der Waals surface area contributed by atoms with Gasteiger partial charge in [0.1, 0.15) is 5.82 Å². The predicted octanol–water partition coefficient (Wildman–Crippen LogP) is 6.05. The Morgan fingerprint density at radius 3 is 2.57 bits per heavy atom. The Hall–Kier alpha value is -3.03. The van der Waals surface area contributed by atoms with Crippen molar-refractivity contribution in [3.8, 4) is 17.1 Å². The molecule has 0 bridgehead atoms. The summed E-state index contributed by atoms with van der Waals surface area (Å²) in [4.78, 5) is 17.2. The van der Waals surface area contributed by atoms with Crippen LogP contribution in [0.1, 0.15) is 16.2 Å². The number of benzene rings is 3. The number of carbonyl (C=O) groups excluding carboxylic acids is 1. The van der Waals surface area contributed by atoms with Crippen LogP contribution in [0.5, 0.6) is 0 Å². The number of amides is 1. The van der Waals surface area contributed by atoms with Crippen LogP contribution in [-0.2, 0) is 0 Å². The number of hydrogen-bond donors (Lipinski definition) is 1. The highest BCUT2D eigenvalue weighted by molar-refractivity contribution is 9.10. The van der Waals surface area contributed by atoms with Crippen LogP contribution in [0.4, 0.5) is 10.1 Å². The fourth-order valence-corrected chi connectivity index (χ4v) is 3.41. The van der Waals surface area contributed by atoms with Crippen molar-refractivity contribution in [1.82, 2.24) is 14.8 Å². The summed E-state index contributed by atoms with van der Waals surface area (Å²) < 4.78 is 15.8. The summed E-state index contributed by atoms with van der Waals surface area (Å²) in [6.07, 6.45) is 0. The number of rotatable bonds is 4. The normalized spacial score (nSPS) is 10.8. The molecule has 0 aliphatic heterocycles. The predicted molar refractivity (Wildman–Crippen MR) is 119 cm³/mol. The largest absolute Gasteiger partial charge is 0.319 e. The van der Waals surface area contributed by atoms with Crippen LogP contribution >= 0.6 is 27.5 Å². The molecule has 1 N–H and O–H groups in total. The molecule has 0 saturated carbocycles. The van der Waals surface area contributed by atoms with E-state index in [-0.39, 0.29) is 11.6 Å². The molecular weight excluding hydrogens is 471 g/mol. The molecule has 0 atom stereocenters. The monoisotopic (exact) mass is 484 g/mol. The molecule has 30 heavy (non-hydrogen) atoms. The summed E-state index contributed by atoms with van der Waals surface area (Å²) in [5, 5.41) is 7.74. The van der Waals surface area contributed by atoms with E-state index in [1.54, 1.807) is 30.3 Å². The zero-order valence-corrected chi connectivity index (χ0v) is 18.1. The molecule has 1 heterocycles. The third-order valence-electron chi connectivity index (χ3n) is 4.40. The number of aromatic nitrogens is 3. The highest BCUT2D eigenvalue weighted by Gasteiger charge is 2.19. The van der Waals surface area contributed by atoms with E-state index in [1.807, 2.05) is 31.2 Å². The summed E-state index contributed by atoms with van der Waals surface area (Å²) in [7, 11) is 0. The van der Waals surface area contributed by atoms with E-state index >= 15 is 0 Å². The molecule has 150 valence electrons. The molecule has 0 aliphatic carbocycles. The lowest BCUT2D eigenvalue weighted by Gasteiger charge is -2.07. The van der Waals surface area contributed by atoms with Gasteiger partial charge in [-0.25, -0.2) is 14.1 Å². The van der Waals surface area contributed by atoms with Gasteiger partial charge in [0.25, 0.3) is 5.91 Å². The molecule has 0 unspecified atom stereocenters. The highest BCUT2D eigenvalue weighted by Crippen LogP contribution is 2.25. The van der Waals surface area contributed by atoms with Crippen LogP contribution in [0.2, 0.25) is 5.02 Å². The molecule has 0 radical (unpaired) electrons. The van der Waals surface area contributed by atoms with Gasteiger partial charge in [-0.05, 0) is 67.1 Å². The molecule has 0 aliphatic rings. The van der Waals surface area contributed by atoms with Gasteiger partial charge in [-0.1, -0.05) is 39.7 Å². The van der Waals surface area contributed by atoms with Crippen LogP contribution in [-0.4, -0.2) is 20.7 Å². The molecule has 0 spiro atoms. The third-order valence-corrected chi connectivity index (χ3v) is 5.30. The maximum Gasteiger partial charge on any atom is 0.295 e. The van der Waals surface area contributed by atoms with Gasteiger partial charge < -0.3 is 5.32 Å². The van der Waals surface area contributed by atoms with E-state index < -0.39 is 5.91 Å². The SMILES string of the molecule is Cc1ccc(-n2nc(C(=O)Nc3cccc(Br)c3)nc2-c2ccc(F)cc2)cc1Cl. The maximum atomic E-state index is 13.4. The van der Waals surface area contributed by atoms with Crippen LogP contribution in [0, 0.1) is 12.7 Å². The van der Waals surface area contributed by atoms with Crippen molar-refractivity contribution in [2.45, 2.75) is 6.92 Å². The average molecular weight is 486 g/mol. The first-order valence-electron chi connectivity index (χ1n) is 8.97. The Morgan fingerprint density at radius 1 is 1.10 bits per heavy atom. The summed E-state index contributed by atoms with van der Waals surface area (Å²) >= 11 is 9.65. The second-order valence-corrected chi connectivity index (χ2v) is 7.90. The molecule has 4 rings (SSSR count). The van der Waals surface area contributed by atoms with Gasteiger partial charge in [-0.15, -0.1) is 5.10 Å². The van der Waals surface area contributed by atoms with E-state index in [0.29, 0.717) is 27.8 Å². The number of anilines is 1. The molecule has 1 amide bonds. The van der Waals surface area contributed by atoms with Crippen molar-refractivity contribution in [2.24, 2.45) is 0 Å². The molecule has 8 heteroatoms. The number of halogens is 3. The first kappa shape index (κ1) is 20.3. The number of aryl methyl sites for hydroxylation is 1. The zero-order valence-electron chi connectivity index (χ0n) is 15.7. The minimum absolute atomic E-state index is 0.0222. The summed E-state index contributed by atoms with van der Waals surface area (Å²) in [6, 6.07) is 18.5. The smallest absolute Gasteiger partial charge is 0.295 e. The fourth-order valence-electron chi connectivity index (χ4n) is 2.84. The number of nitrogens with zero attached hydrogens (tertiary/aromatic N) is 3. The lowest BCUT2D eigenvalue weighted by Crippen LogP contribution is -2.14. The van der Waals surface area contributed by atoms with Gasteiger partial charge in [-0.3, -0.25) is 4.79 Å². The van der Waals surface area contributed by atoms with E-state index in [9.17, 15) is 9.18 Å². The third kappa shape index (κ3) is 4.27. The lowest BCUT2D eigenvalue weighted by molar-refractivity contribution is 0.101. The number of nitrogens with one attached hydrogen (secondary N) is 1. The maximum absolute atomic E-state index is 13.4. The van der Waals surface area contributed by atoms with Crippen molar-refractivity contribution in [3.05, 3.63) is 93.4 Å². The van der Waals surface area contributed by atoms with Crippen molar-refractivity contribution < 1.29 is 9.18 Å². The van der Waals surface area contributed by atoms with E-state index in [4.69, 9.17) is 11.6 Å². The van der Waals surface area contributed by atoms with Crippen molar-refractivity contribution in [2.75, 3.05) is 5.32 Å². The van der Waals surface area contributed by atoms with E-state index in [0.717, 1.165) is 10.0 Å². The molecular formula is C22H15BrClFN4O. The minimum atomic E-state index is -0.464. The molecule has 5 nitrogen and oxygen atoms in total. The Bertz CT molecular complexity index is 1240. The Morgan fingerprint density at radius 2 is 1.87 bits per heavy atom. The second kappa shape index (κ2) is 8.38. The minimum Gasteiger partial charge on any atom is -0.319 e. The van der Waals surface area contributed by atoms with Crippen LogP contribution in [0.25, 0.3) is 17.1 Å². The van der Waals surface area contributed by atoms with Gasteiger partial charge in [0.2, 0.25) is 5.82 Å². The first-order chi connectivity index (χ1) is 14.4. The van der Waals surface area contributed by atoms with Crippen LogP contribution in [0.15, 0.2) is 71.2 Å². The fraction of sp³-hybridized carbons (Fsp3) is 0.0455. The van der Waals surface area contributed by atoms with Gasteiger partial charge >= 0.3 is 0 Å². The Kier molecular flexibility index (Phi) is 5.65. The van der Waals surface area contributed by atoms with Gasteiger partial charge in [-0.2, -0.15) is 0 Å².